The summed E-state index contributed by atoms with van der Waals surface area (Å²) < 4.78 is 40.8. The average Bonchev–Trinajstić information content (AvgIpc) is 2.62. The monoisotopic (exact) mass is 378 g/mol. The van der Waals surface area contributed by atoms with Gasteiger partial charge in [0.1, 0.15) is 10.6 Å². The molecular formula is C18H22N2O5S. The Bertz CT molecular complexity index is 894. The Hall–Kier alpha value is -2.74. The first kappa shape index (κ1) is 19.6. The summed E-state index contributed by atoms with van der Waals surface area (Å²) in [5, 5.41) is 3.84. The Morgan fingerprint density at radius 1 is 1.04 bits per heavy atom. The molecule has 0 radical (unpaired) electrons. The Morgan fingerprint density at radius 2 is 1.73 bits per heavy atom. The van der Waals surface area contributed by atoms with Crippen molar-refractivity contribution >= 4 is 16.2 Å². The maximum Gasteiger partial charge on any atom is 0.280 e. The molecule has 0 amide bonds. The molecule has 0 spiro atoms. The van der Waals surface area contributed by atoms with E-state index in [2.05, 4.69) is 9.93 Å². The van der Waals surface area contributed by atoms with E-state index in [9.17, 15) is 8.42 Å². The van der Waals surface area contributed by atoms with Crippen LogP contribution in [0, 0.1) is 6.92 Å². The van der Waals surface area contributed by atoms with Crippen LogP contribution >= 0.6 is 0 Å². The van der Waals surface area contributed by atoms with E-state index in [4.69, 9.17) is 14.2 Å². The number of hydrogen-bond acceptors (Lipinski definition) is 6. The van der Waals surface area contributed by atoms with Gasteiger partial charge in [-0.25, -0.2) is 0 Å². The van der Waals surface area contributed by atoms with Crippen LogP contribution in [0.15, 0.2) is 46.4 Å². The number of rotatable bonds is 8. The van der Waals surface area contributed by atoms with E-state index in [1.807, 2.05) is 6.92 Å². The van der Waals surface area contributed by atoms with Crippen molar-refractivity contribution in [1.29, 1.82) is 0 Å². The highest BCUT2D eigenvalue weighted by Crippen LogP contribution is 2.27. The zero-order chi connectivity index (χ0) is 19.2. The molecule has 0 heterocycles. The Balaban J connectivity index is 2.22. The third-order valence-electron chi connectivity index (χ3n) is 3.48. The molecule has 0 bridgehead atoms. The van der Waals surface area contributed by atoms with Crippen LogP contribution in [0.25, 0.3) is 0 Å². The smallest absolute Gasteiger partial charge is 0.280 e. The quantitative estimate of drug-likeness (QED) is 0.564. The lowest BCUT2D eigenvalue weighted by Crippen LogP contribution is -2.19. The molecule has 0 aromatic heterocycles. The molecule has 0 aliphatic rings. The molecule has 0 unspecified atom stereocenters. The third kappa shape index (κ3) is 4.66. The van der Waals surface area contributed by atoms with Gasteiger partial charge in [0.15, 0.2) is 11.5 Å². The van der Waals surface area contributed by atoms with E-state index < -0.39 is 10.0 Å². The van der Waals surface area contributed by atoms with Gasteiger partial charge in [0.2, 0.25) is 0 Å². The van der Waals surface area contributed by atoms with Crippen molar-refractivity contribution in [3.8, 4) is 17.2 Å². The minimum absolute atomic E-state index is 0.0295. The normalized spacial score (nSPS) is 11.4. The number of nitrogens with one attached hydrogen (secondary N) is 1. The largest absolute Gasteiger partial charge is 0.495 e. The highest BCUT2D eigenvalue weighted by molar-refractivity contribution is 7.89. The summed E-state index contributed by atoms with van der Waals surface area (Å²) in [5.74, 6) is 1.40. The molecule has 0 aliphatic carbocycles. The maximum atomic E-state index is 12.5. The van der Waals surface area contributed by atoms with Gasteiger partial charge in [0.05, 0.1) is 27.0 Å². The highest BCUT2D eigenvalue weighted by atomic mass is 32.2. The summed E-state index contributed by atoms with van der Waals surface area (Å²) in [6, 6.07) is 10.1. The first-order valence-corrected chi connectivity index (χ1v) is 9.40. The van der Waals surface area contributed by atoms with E-state index >= 15 is 0 Å². The van der Waals surface area contributed by atoms with E-state index in [1.54, 1.807) is 44.4 Å². The van der Waals surface area contributed by atoms with Gasteiger partial charge >= 0.3 is 0 Å². The van der Waals surface area contributed by atoms with Crippen molar-refractivity contribution in [1.82, 2.24) is 4.83 Å². The minimum Gasteiger partial charge on any atom is -0.495 e. The van der Waals surface area contributed by atoms with Crippen molar-refractivity contribution < 1.29 is 22.6 Å². The molecule has 0 fully saturated rings. The number of sulfonamides is 1. The van der Waals surface area contributed by atoms with Gasteiger partial charge in [-0.05, 0) is 55.3 Å². The first-order chi connectivity index (χ1) is 12.4. The van der Waals surface area contributed by atoms with Gasteiger partial charge in [-0.15, -0.1) is 0 Å². The molecule has 2 aromatic carbocycles. The van der Waals surface area contributed by atoms with E-state index in [-0.39, 0.29) is 10.6 Å². The van der Waals surface area contributed by atoms with E-state index in [0.717, 1.165) is 5.56 Å². The van der Waals surface area contributed by atoms with E-state index in [1.165, 1.54) is 19.4 Å². The number of nitrogens with zero attached hydrogens (tertiary/aromatic N) is 1. The van der Waals surface area contributed by atoms with Gasteiger partial charge in [-0.1, -0.05) is 6.07 Å². The molecule has 7 nitrogen and oxygen atoms in total. The fraction of sp³-hybridized carbons (Fsp3) is 0.278. The van der Waals surface area contributed by atoms with Crippen LogP contribution in [0.3, 0.4) is 0 Å². The molecule has 140 valence electrons. The van der Waals surface area contributed by atoms with Gasteiger partial charge in [0.25, 0.3) is 10.0 Å². The SMILES string of the molecule is CCOc1cc(/C=N/NS(=O)(=O)c2cc(C)ccc2OC)ccc1OC. The number of hydrogen-bond donors (Lipinski definition) is 1. The molecule has 0 aliphatic heterocycles. The Labute approximate surface area is 153 Å². The molecule has 1 N–H and O–H groups in total. The predicted octanol–water partition coefficient (Wildman–Crippen LogP) is 2.72. The van der Waals surface area contributed by atoms with Crippen LogP contribution in [-0.4, -0.2) is 35.5 Å². The second-order valence-corrected chi connectivity index (χ2v) is 6.98. The molecule has 2 aromatic rings. The molecule has 8 heteroatoms. The summed E-state index contributed by atoms with van der Waals surface area (Å²) in [7, 11) is -0.891. The fourth-order valence-electron chi connectivity index (χ4n) is 2.26. The fourth-order valence-corrected chi connectivity index (χ4v) is 3.30. The lowest BCUT2D eigenvalue weighted by Gasteiger charge is -2.10. The number of hydrazone groups is 1. The number of methoxy groups -OCH3 is 2. The summed E-state index contributed by atoms with van der Waals surface area (Å²) in [6.07, 6.45) is 1.39. The zero-order valence-electron chi connectivity index (χ0n) is 15.1. The maximum absolute atomic E-state index is 12.5. The lowest BCUT2D eigenvalue weighted by molar-refractivity contribution is 0.311. The third-order valence-corrected chi connectivity index (χ3v) is 4.73. The summed E-state index contributed by atoms with van der Waals surface area (Å²) in [4.78, 5) is 2.22. The van der Waals surface area contributed by atoms with Gasteiger partial charge in [-0.2, -0.15) is 18.4 Å². The average molecular weight is 378 g/mol. The number of benzene rings is 2. The predicted molar refractivity (Wildman–Crippen MR) is 99.8 cm³/mol. The molecule has 0 saturated carbocycles. The molecular weight excluding hydrogens is 356 g/mol. The van der Waals surface area contributed by atoms with Crippen molar-refractivity contribution in [2.75, 3.05) is 20.8 Å². The van der Waals surface area contributed by atoms with Crippen LogP contribution < -0.4 is 19.0 Å². The molecule has 2 rings (SSSR count). The standard InChI is InChI=1S/C18H22N2O5S/c1-5-25-17-11-14(7-9-15(17)23-3)12-19-20-26(21,22)18-10-13(2)6-8-16(18)24-4/h6-12,20H,5H2,1-4H3/b19-12+. The topological polar surface area (TPSA) is 86.2 Å². The van der Waals surface area contributed by atoms with Crippen molar-refractivity contribution in [3.05, 3.63) is 47.5 Å². The summed E-state index contributed by atoms with van der Waals surface area (Å²) in [6.45, 7) is 4.15. The van der Waals surface area contributed by atoms with Crippen LogP contribution in [0.5, 0.6) is 17.2 Å². The molecule has 0 saturated heterocycles. The second-order valence-electron chi connectivity index (χ2n) is 5.35. The van der Waals surface area contributed by atoms with Crippen LogP contribution in [0.2, 0.25) is 0 Å². The molecule has 0 atom stereocenters. The second kappa shape index (κ2) is 8.57. The van der Waals surface area contributed by atoms with Crippen molar-refractivity contribution in [2.45, 2.75) is 18.7 Å². The Kier molecular flexibility index (Phi) is 6.46. The zero-order valence-corrected chi connectivity index (χ0v) is 16.0. The Morgan fingerprint density at radius 3 is 2.38 bits per heavy atom. The van der Waals surface area contributed by atoms with Crippen molar-refractivity contribution in [3.63, 3.8) is 0 Å². The number of ether oxygens (including phenoxy) is 3. The van der Waals surface area contributed by atoms with Gasteiger partial charge in [-0.3, -0.25) is 0 Å². The highest BCUT2D eigenvalue weighted by Gasteiger charge is 2.18. The van der Waals surface area contributed by atoms with Crippen molar-refractivity contribution in [2.24, 2.45) is 5.10 Å². The summed E-state index contributed by atoms with van der Waals surface area (Å²) >= 11 is 0. The van der Waals surface area contributed by atoms with Gasteiger partial charge < -0.3 is 14.2 Å². The minimum atomic E-state index is -3.86. The lowest BCUT2D eigenvalue weighted by atomic mass is 10.2. The van der Waals surface area contributed by atoms with Crippen LogP contribution in [-0.2, 0) is 10.0 Å². The summed E-state index contributed by atoms with van der Waals surface area (Å²) in [5.41, 5.74) is 1.46. The van der Waals surface area contributed by atoms with Crippen LogP contribution in [0.1, 0.15) is 18.1 Å². The number of aryl methyl sites for hydroxylation is 1. The van der Waals surface area contributed by atoms with Crippen LogP contribution in [0.4, 0.5) is 0 Å². The first-order valence-electron chi connectivity index (χ1n) is 7.91. The molecule has 26 heavy (non-hydrogen) atoms. The van der Waals surface area contributed by atoms with E-state index in [0.29, 0.717) is 23.7 Å². The van der Waals surface area contributed by atoms with Gasteiger partial charge in [0, 0.05) is 0 Å².